The Bertz CT molecular complexity index is 496. The number of fused-ring (bicyclic) bond motifs is 2. The summed E-state index contributed by atoms with van der Waals surface area (Å²) in [7, 11) is 3.67. The number of ether oxygens (including phenoxy) is 1. The number of hydrogen-bond donors (Lipinski definition) is 0. The second-order valence-electron chi connectivity index (χ2n) is 6.27. The quantitative estimate of drug-likeness (QED) is 0.776. The molecule has 0 radical (unpaired) electrons. The molecule has 2 aliphatic heterocycles. The lowest BCUT2D eigenvalue weighted by atomic mass is 9.76. The molecule has 3 nitrogen and oxygen atoms in total. The Morgan fingerprint density at radius 2 is 1.95 bits per heavy atom. The van der Waals surface area contributed by atoms with Gasteiger partial charge < -0.3 is 4.74 Å². The van der Waals surface area contributed by atoms with Gasteiger partial charge in [0.15, 0.2) is 0 Å². The van der Waals surface area contributed by atoms with Crippen LogP contribution in [0.25, 0.3) is 0 Å². The third kappa shape index (κ3) is 2.14. The number of carbonyl (C=O) groups excluding carboxylic acids is 1. The smallest absolute Gasteiger partial charge is 0.310 e. The van der Waals surface area contributed by atoms with Gasteiger partial charge in [-0.3, -0.25) is 9.69 Å². The highest BCUT2D eigenvalue weighted by Crippen LogP contribution is 2.46. The fourth-order valence-corrected chi connectivity index (χ4v) is 4.08. The molecular weight excluding hydrogens is 250 g/mol. The zero-order chi connectivity index (χ0) is 14.3. The number of carbonyl (C=O) groups is 1. The maximum atomic E-state index is 12.3. The van der Waals surface area contributed by atoms with Crippen LogP contribution in [0.3, 0.4) is 0 Å². The molecule has 0 amide bonds. The summed E-state index contributed by atoms with van der Waals surface area (Å²) in [6, 6.07) is 9.61. The van der Waals surface area contributed by atoms with Gasteiger partial charge in [-0.25, -0.2) is 0 Å². The number of esters is 1. The van der Waals surface area contributed by atoms with E-state index in [1.54, 1.807) is 0 Å². The molecule has 2 bridgehead atoms. The summed E-state index contributed by atoms with van der Waals surface area (Å²) in [6.45, 7) is 2.10. The van der Waals surface area contributed by atoms with Crippen molar-refractivity contribution in [2.45, 2.75) is 44.2 Å². The van der Waals surface area contributed by atoms with Crippen LogP contribution >= 0.6 is 0 Å². The lowest BCUT2D eigenvalue weighted by Crippen LogP contribution is -2.49. The van der Waals surface area contributed by atoms with Crippen molar-refractivity contribution in [2.24, 2.45) is 5.92 Å². The van der Waals surface area contributed by atoms with E-state index in [0.29, 0.717) is 18.0 Å². The van der Waals surface area contributed by atoms with Gasteiger partial charge in [0, 0.05) is 18.0 Å². The third-order valence-corrected chi connectivity index (χ3v) is 5.25. The molecule has 1 aromatic carbocycles. The van der Waals surface area contributed by atoms with E-state index in [4.69, 9.17) is 4.74 Å². The second kappa shape index (κ2) is 5.21. The first kappa shape index (κ1) is 13.6. The zero-order valence-electron chi connectivity index (χ0n) is 12.5. The van der Waals surface area contributed by atoms with E-state index in [0.717, 1.165) is 12.8 Å². The van der Waals surface area contributed by atoms with E-state index < -0.39 is 0 Å². The maximum absolute atomic E-state index is 12.3. The van der Waals surface area contributed by atoms with Crippen LogP contribution in [0.4, 0.5) is 0 Å². The Labute approximate surface area is 120 Å². The van der Waals surface area contributed by atoms with Crippen LogP contribution in [0.1, 0.15) is 36.3 Å². The molecule has 108 valence electrons. The van der Waals surface area contributed by atoms with Gasteiger partial charge in [0.2, 0.25) is 0 Å². The predicted octanol–water partition coefficient (Wildman–Crippen LogP) is 2.73. The number of methoxy groups -OCH3 is 1. The summed E-state index contributed by atoms with van der Waals surface area (Å²) >= 11 is 0. The number of benzene rings is 1. The van der Waals surface area contributed by atoms with Gasteiger partial charge in [-0.05, 0) is 38.8 Å². The first-order valence-electron chi connectivity index (χ1n) is 7.48. The predicted molar refractivity (Wildman–Crippen MR) is 78.6 cm³/mol. The van der Waals surface area contributed by atoms with Gasteiger partial charge >= 0.3 is 5.97 Å². The van der Waals surface area contributed by atoms with E-state index in [2.05, 4.69) is 43.1 Å². The molecule has 4 atom stereocenters. The number of nitrogens with zero attached hydrogens (tertiary/aromatic N) is 1. The minimum Gasteiger partial charge on any atom is -0.469 e. The first-order valence-corrected chi connectivity index (χ1v) is 7.48. The number of rotatable bonds is 2. The van der Waals surface area contributed by atoms with Crippen LogP contribution < -0.4 is 0 Å². The van der Waals surface area contributed by atoms with Crippen LogP contribution in [-0.2, 0) is 9.53 Å². The molecule has 0 N–H and O–H groups in total. The van der Waals surface area contributed by atoms with E-state index >= 15 is 0 Å². The Morgan fingerprint density at radius 1 is 1.25 bits per heavy atom. The highest BCUT2D eigenvalue weighted by Gasteiger charge is 2.49. The molecule has 0 aromatic heterocycles. The number of aryl methyl sites for hydroxylation is 1. The van der Waals surface area contributed by atoms with E-state index in [9.17, 15) is 4.79 Å². The van der Waals surface area contributed by atoms with Gasteiger partial charge in [0.05, 0.1) is 13.0 Å². The van der Waals surface area contributed by atoms with Crippen molar-refractivity contribution in [3.8, 4) is 0 Å². The molecule has 0 aliphatic carbocycles. The fourth-order valence-electron chi connectivity index (χ4n) is 4.08. The highest BCUT2D eigenvalue weighted by molar-refractivity contribution is 5.75. The number of piperidine rings is 1. The van der Waals surface area contributed by atoms with Crippen molar-refractivity contribution >= 4 is 5.97 Å². The Morgan fingerprint density at radius 3 is 2.60 bits per heavy atom. The van der Waals surface area contributed by atoms with Crippen molar-refractivity contribution in [3.05, 3.63) is 35.4 Å². The zero-order valence-corrected chi connectivity index (χ0v) is 12.5. The molecule has 0 saturated carbocycles. The van der Waals surface area contributed by atoms with E-state index in [1.807, 2.05) is 0 Å². The average molecular weight is 273 g/mol. The Kier molecular flexibility index (Phi) is 3.55. The molecule has 0 spiro atoms. The van der Waals surface area contributed by atoms with E-state index in [1.165, 1.54) is 24.7 Å². The van der Waals surface area contributed by atoms with Crippen molar-refractivity contribution < 1.29 is 9.53 Å². The van der Waals surface area contributed by atoms with Gasteiger partial charge in [0.1, 0.15) is 0 Å². The first-order chi connectivity index (χ1) is 9.61. The summed E-state index contributed by atoms with van der Waals surface area (Å²) in [5, 5.41) is 0. The van der Waals surface area contributed by atoms with Crippen molar-refractivity contribution in [2.75, 3.05) is 14.2 Å². The minimum absolute atomic E-state index is 0.0218. The molecule has 3 rings (SSSR count). The molecule has 2 saturated heterocycles. The van der Waals surface area contributed by atoms with E-state index in [-0.39, 0.29) is 11.9 Å². The normalized spacial score (nSPS) is 33.1. The van der Waals surface area contributed by atoms with Crippen LogP contribution in [0, 0.1) is 12.8 Å². The van der Waals surface area contributed by atoms with Gasteiger partial charge in [-0.15, -0.1) is 0 Å². The molecule has 2 fully saturated rings. The highest BCUT2D eigenvalue weighted by atomic mass is 16.5. The molecule has 2 heterocycles. The summed E-state index contributed by atoms with van der Waals surface area (Å²) in [5.74, 6) is 0.232. The fraction of sp³-hybridized carbons (Fsp3) is 0.588. The largest absolute Gasteiger partial charge is 0.469 e. The molecule has 3 heteroatoms. The van der Waals surface area contributed by atoms with Crippen molar-refractivity contribution in [3.63, 3.8) is 0 Å². The third-order valence-electron chi connectivity index (χ3n) is 5.25. The van der Waals surface area contributed by atoms with Gasteiger partial charge in [-0.2, -0.15) is 0 Å². The minimum atomic E-state index is -0.0484. The summed E-state index contributed by atoms with van der Waals surface area (Å²) in [5.41, 5.74) is 2.55. The average Bonchev–Trinajstić information content (AvgIpc) is 2.70. The van der Waals surface area contributed by atoms with Gasteiger partial charge in [-0.1, -0.05) is 29.8 Å². The Hall–Kier alpha value is -1.35. The molecule has 20 heavy (non-hydrogen) atoms. The van der Waals surface area contributed by atoms with Crippen molar-refractivity contribution in [1.82, 2.24) is 4.90 Å². The van der Waals surface area contributed by atoms with Crippen molar-refractivity contribution in [1.29, 1.82) is 0 Å². The molecule has 2 aliphatic rings. The number of hydrogen-bond acceptors (Lipinski definition) is 3. The topological polar surface area (TPSA) is 29.5 Å². The lowest BCUT2D eigenvalue weighted by molar-refractivity contribution is -0.150. The monoisotopic (exact) mass is 273 g/mol. The lowest BCUT2D eigenvalue weighted by Gasteiger charge is -2.41. The van der Waals surface area contributed by atoms with Crippen LogP contribution in [-0.4, -0.2) is 37.1 Å². The Balaban J connectivity index is 1.95. The van der Waals surface area contributed by atoms with Crippen LogP contribution in [0.15, 0.2) is 24.3 Å². The van der Waals surface area contributed by atoms with Crippen LogP contribution in [0.5, 0.6) is 0 Å². The summed E-state index contributed by atoms with van der Waals surface area (Å²) in [6.07, 6.45) is 3.39. The second-order valence-corrected chi connectivity index (χ2v) is 6.27. The summed E-state index contributed by atoms with van der Waals surface area (Å²) in [4.78, 5) is 14.7. The SMILES string of the molecule is COC(=O)[C@@H]1C2CCC(C[C@@H]1c1ccc(C)cc1)N2C. The maximum Gasteiger partial charge on any atom is 0.310 e. The van der Waals surface area contributed by atoms with Gasteiger partial charge in [0.25, 0.3) is 0 Å². The van der Waals surface area contributed by atoms with Crippen LogP contribution in [0.2, 0.25) is 0 Å². The molecular formula is C17H23NO2. The summed E-state index contributed by atoms with van der Waals surface area (Å²) < 4.78 is 5.10. The molecule has 2 unspecified atom stereocenters. The molecule has 1 aromatic rings. The standard InChI is InChI=1S/C17H23NO2/c1-11-4-6-12(7-5-11)14-10-13-8-9-15(18(13)2)16(14)17(19)20-3/h4-7,13-16H,8-10H2,1-3H3/t13?,14-,15?,16+/m1/s1.